The molecule has 2 heterocycles. The number of nitrogens with zero attached hydrogens (tertiary/aromatic N) is 1. The molecule has 0 atom stereocenters. The Hall–Kier alpha value is -2.19. The number of piperidine rings is 1. The lowest BCUT2D eigenvalue weighted by molar-refractivity contribution is 0.0524. The van der Waals surface area contributed by atoms with E-state index in [1.165, 1.54) is 22.6 Å². The first-order chi connectivity index (χ1) is 11.9. The first-order valence-corrected chi connectivity index (χ1v) is 9.72. The fourth-order valence-corrected chi connectivity index (χ4v) is 4.52. The lowest BCUT2D eigenvalue weighted by Crippen LogP contribution is -2.35. The lowest BCUT2D eigenvalue weighted by atomic mass is 10.1. The second-order valence-electron chi connectivity index (χ2n) is 5.92. The zero-order chi connectivity index (χ0) is 18.0. The third-order valence-electron chi connectivity index (χ3n) is 4.30. The Labute approximate surface area is 145 Å². The van der Waals surface area contributed by atoms with E-state index < -0.39 is 21.4 Å². The molecule has 1 aromatic carbocycles. The average Bonchev–Trinajstić information content (AvgIpc) is 2.62. The van der Waals surface area contributed by atoms with Gasteiger partial charge in [-0.3, -0.25) is 4.79 Å². The second kappa shape index (κ2) is 6.97. The monoisotopic (exact) mass is 364 g/mol. The van der Waals surface area contributed by atoms with E-state index in [-0.39, 0.29) is 22.5 Å². The van der Waals surface area contributed by atoms with Crippen LogP contribution in [0, 0.1) is 0 Å². The predicted molar refractivity (Wildman–Crippen MR) is 93.1 cm³/mol. The molecule has 0 radical (unpaired) electrons. The maximum atomic E-state index is 12.8. The van der Waals surface area contributed by atoms with Gasteiger partial charge in [0.2, 0.25) is 15.5 Å². The van der Waals surface area contributed by atoms with Gasteiger partial charge in [-0.15, -0.1) is 0 Å². The summed E-state index contributed by atoms with van der Waals surface area (Å²) in [7, 11) is -3.65. The number of carbonyl (C=O) groups is 1. The normalized spacial score (nSPS) is 16.0. The summed E-state index contributed by atoms with van der Waals surface area (Å²) < 4.78 is 31.9. The van der Waals surface area contributed by atoms with Gasteiger partial charge in [-0.2, -0.15) is 4.31 Å². The van der Waals surface area contributed by atoms with Gasteiger partial charge in [0.05, 0.1) is 11.5 Å². The quantitative estimate of drug-likeness (QED) is 0.836. The van der Waals surface area contributed by atoms with Crippen molar-refractivity contribution in [3.05, 3.63) is 40.2 Å². The smallest absolute Gasteiger partial charge is 0.343 e. The van der Waals surface area contributed by atoms with E-state index in [1.54, 1.807) is 13.0 Å². The summed E-state index contributed by atoms with van der Waals surface area (Å²) in [4.78, 5) is 27.4. The molecule has 2 aromatic rings. The van der Waals surface area contributed by atoms with Crippen LogP contribution in [-0.2, 0) is 14.8 Å². The van der Waals surface area contributed by atoms with Crippen molar-refractivity contribution in [2.24, 2.45) is 0 Å². The van der Waals surface area contributed by atoms with Crippen LogP contribution >= 0.6 is 0 Å². The Kier molecular flexibility index (Phi) is 4.91. The summed E-state index contributed by atoms with van der Waals surface area (Å²) in [6, 6.07) is 4.36. The number of aromatic amines is 1. The van der Waals surface area contributed by atoms with E-state index in [9.17, 15) is 18.0 Å². The van der Waals surface area contributed by atoms with Crippen LogP contribution < -0.4 is 5.43 Å². The highest BCUT2D eigenvalue weighted by atomic mass is 32.2. The van der Waals surface area contributed by atoms with E-state index in [4.69, 9.17) is 4.74 Å². The number of hydrogen-bond donors (Lipinski definition) is 1. The van der Waals surface area contributed by atoms with E-state index in [0.29, 0.717) is 18.6 Å². The van der Waals surface area contributed by atoms with Crippen LogP contribution in [0.1, 0.15) is 36.5 Å². The van der Waals surface area contributed by atoms with Crippen LogP contribution in [0.25, 0.3) is 10.9 Å². The molecule has 1 aliphatic rings. The summed E-state index contributed by atoms with van der Waals surface area (Å²) >= 11 is 0. The minimum absolute atomic E-state index is 0.0633. The molecule has 1 N–H and O–H groups in total. The molecular formula is C17H20N2O5S. The molecule has 3 rings (SSSR count). The molecule has 8 heteroatoms. The molecule has 0 spiro atoms. The first-order valence-electron chi connectivity index (χ1n) is 8.28. The number of aromatic nitrogens is 1. The highest BCUT2D eigenvalue weighted by Crippen LogP contribution is 2.22. The number of rotatable bonds is 4. The zero-order valence-corrected chi connectivity index (χ0v) is 14.8. The van der Waals surface area contributed by atoms with E-state index in [0.717, 1.165) is 19.3 Å². The summed E-state index contributed by atoms with van der Waals surface area (Å²) in [5, 5.41) is 0.156. The third kappa shape index (κ3) is 3.32. The molecule has 0 unspecified atom stereocenters. The summed E-state index contributed by atoms with van der Waals surface area (Å²) in [5.74, 6) is -0.727. The van der Waals surface area contributed by atoms with Crippen LogP contribution in [0.2, 0.25) is 0 Å². The highest BCUT2D eigenvalue weighted by Gasteiger charge is 2.26. The number of carbonyl (C=O) groups excluding carboxylic acids is 1. The molecule has 0 aliphatic carbocycles. The molecule has 0 bridgehead atoms. The van der Waals surface area contributed by atoms with Crippen molar-refractivity contribution >= 4 is 26.9 Å². The molecule has 1 aliphatic heterocycles. The highest BCUT2D eigenvalue weighted by molar-refractivity contribution is 7.89. The van der Waals surface area contributed by atoms with Gasteiger partial charge < -0.3 is 9.72 Å². The first kappa shape index (κ1) is 17.6. The Morgan fingerprint density at radius 2 is 1.96 bits per heavy atom. The fraction of sp³-hybridized carbons (Fsp3) is 0.412. The molecule has 25 heavy (non-hydrogen) atoms. The van der Waals surface area contributed by atoms with E-state index >= 15 is 0 Å². The van der Waals surface area contributed by atoms with Crippen LogP contribution in [0.3, 0.4) is 0 Å². The largest absolute Gasteiger partial charge is 0.462 e. The number of sulfonamides is 1. The lowest BCUT2D eigenvalue weighted by Gasteiger charge is -2.25. The number of esters is 1. The van der Waals surface area contributed by atoms with Crippen molar-refractivity contribution in [2.45, 2.75) is 31.1 Å². The predicted octanol–water partition coefficient (Wildman–Crippen LogP) is 1.88. The Balaban J connectivity index is 2.08. The minimum Gasteiger partial charge on any atom is -0.462 e. The standard InChI is InChI=1S/C17H20N2O5S/c1-2-24-17(21)14-11-18-15-7-6-12(10-13(15)16(14)20)25(22,23)19-8-4-3-5-9-19/h6-7,10-11H,2-5,8-9H2,1H3,(H,18,20). The van der Waals surface area contributed by atoms with E-state index in [1.807, 2.05) is 0 Å². The minimum atomic E-state index is -3.65. The summed E-state index contributed by atoms with van der Waals surface area (Å²) in [6.07, 6.45) is 3.98. The second-order valence-corrected chi connectivity index (χ2v) is 7.86. The number of pyridine rings is 1. The van der Waals surface area contributed by atoms with Crippen molar-refractivity contribution in [1.82, 2.24) is 9.29 Å². The number of benzene rings is 1. The Morgan fingerprint density at radius 1 is 1.24 bits per heavy atom. The summed E-state index contributed by atoms with van der Waals surface area (Å²) in [5.41, 5.74) is -0.208. The van der Waals surface area contributed by atoms with Crippen LogP contribution in [0.15, 0.2) is 34.1 Å². The molecule has 0 saturated carbocycles. The molecule has 1 saturated heterocycles. The van der Waals surface area contributed by atoms with Gasteiger partial charge >= 0.3 is 5.97 Å². The van der Waals surface area contributed by atoms with Crippen molar-refractivity contribution < 1.29 is 17.9 Å². The van der Waals surface area contributed by atoms with Crippen LogP contribution in [-0.4, -0.2) is 43.4 Å². The maximum absolute atomic E-state index is 12.8. The van der Waals surface area contributed by atoms with Crippen LogP contribution in [0.4, 0.5) is 0 Å². The molecule has 1 fully saturated rings. The van der Waals surface area contributed by atoms with Crippen molar-refractivity contribution in [1.29, 1.82) is 0 Å². The number of fused-ring (bicyclic) bond motifs is 1. The van der Waals surface area contributed by atoms with Crippen molar-refractivity contribution in [3.8, 4) is 0 Å². The number of nitrogens with one attached hydrogen (secondary N) is 1. The number of H-pyrrole nitrogens is 1. The Morgan fingerprint density at radius 3 is 2.64 bits per heavy atom. The van der Waals surface area contributed by atoms with E-state index in [2.05, 4.69) is 4.98 Å². The number of hydrogen-bond acceptors (Lipinski definition) is 5. The molecule has 134 valence electrons. The molecule has 1 aromatic heterocycles. The Bertz CT molecular complexity index is 959. The van der Waals surface area contributed by atoms with Crippen LogP contribution in [0.5, 0.6) is 0 Å². The van der Waals surface area contributed by atoms with Gasteiger partial charge in [-0.25, -0.2) is 13.2 Å². The molecular weight excluding hydrogens is 344 g/mol. The van der Waals surface area contributed by atoms with Gasteiger partial charge in [0.1, 0.15) is 5.56 Å². The van der Waals surface area contributed by atoms with Gasteiger partial charge in [0.15, 0.2) is 0 Å². The zero-order valence-electron chi connectivity index (χ0n) is 13.9. The van der Waals surface area contributed by atoms with Crippen molar-refractivity contribution in [2.75, 3.05) is 19.7 Å². The van der Waals surface area contributed by atoms with Crippen molar-refractivity contribution in [3.63, 3.8) is 0 Å². The SMILES string of the molecule is CCOC(=O)c1c[nH]c2ccc(S(=O)(=O)N3CCCCC3)cc2c1=O. The molecule has 7 nitrogen and oxygen atoms in total. The fourth-order valence-electron chi connectivity index (χ4n) is 2.97. The average molecular weight is 364 g/mol. The number of ether oxygens (including phenoxy) is 1. The van der Waals surface area contributed by atoms with Gasteiger partial charge in [-0.1, -0.05) is 6.42 Å². The van der Waals surface area contributed by atoms with Gasteiger partial charge in [-0.05, 0) is 38.0 Å². The van der Waals surface area contributed by atoms with Gasteiger partial charge in [0, 0.05) is 30.2 Å². The van der Waals surface area contributed by atoms with Gasteiger partial charge in [0.25, 0.3) is 0 Å². The maximum Gasteiger partial charge on any atom is 0.343 e. The topological polar surface area (TPSA) is 96.5 Å². The molecule has 0 amide bonds. The summed E-state index contributed by atoms with van der Waals surface area (Å²) in [6.45, 7) is 2.77. The third-order valence-corrected chi connectivity index (χ3v) is 6.20.